The number of hydrogen-bond donors (Lipinski definition) is 0. The van der Waals surface area contributed by atoms with E-state index in [-0.39, 0.29) is 12.4 Å². The number of nitrogens with zero attached hydrogens (tertiary/aromatic N) is 3. The number of nitro groups is 1. The molecule has 1 heterocycles. The Balaban J connectivity index is 2.09. The molecular formula is C12H12ClN3O3S. The quantitative estimate of drug-likeness (QED) is 0.481. The van der Waals surface area contributed by atoms with Crippen LogP contribution in [0.3, 0.4) is 0 Å². The molecule has 1 aromatic heterocycles. The summed E-state index contributed by atoms with van der Waals surface area (Å²) in [5, 5.41) is 11.3. The van der Waals surface area contributed by atoms with Crippen molar-refractivity contribution in [2.24, 2.45) is 7.05 Å². The third-order valence-electron chi connectivity index (χ3n) is 2.74. The fourth-order valence-corrected chi connectivity index (χ4v) is 2.49. The fraction of sp³-hybridized carbons (Fsp3) is 0.250. The first-order valence-corrected chi connectivity index (χ1v) is 7.24. The molecule has 0 N–H and O–H groups in total. The van der Waals surface area contributed by atoms with E-state index in [2.05, 4.69) is 4.98 Å². The Labute approximate surface area is 124 Å². The third-order valence-corrected chi connectivity index (χ3v) is 3.96. The monoisotopic (exact) mass is 313 g/mol. The second-order valence-corrected chi connectivity index (χ2v) is 5.19. The molecule has 0 unspecified atom stereocenters. The van der Waals surface area contributed by atoms with E-state index in [9.17, 15) is 10.1 Å². The van der Waals surface area contributed by atoms with Crippen molar-refractivity contribution in [3.05, 3.63) is 45.4 Å². The minimum Gasteiger partial charge on any atom is -0.483 e. The minimum atomic E-state index is -0.485. The van der Waals surface area contributed by atoms with Gasteiger partial charge in [-0.25, -0.2) is 9.55 Å². The Bertz CT molecular complexity index is 645. The molecule has 106 valence electrons. The Morgan fingerprint density at radius 3 is 2.85 bits per heavy atom. The molecule has 1 aromatic carbocycles. The van der Waals surface area contributed by atoms with E-state index in [4.69, 9.17) is 16.3 Å². The van der Waals surface area contributed by atoms with E-state index >= 15 is 0 Å². The molecule has 0 amide bonds. The van der Waals surface area contributed by atoms with Crippen LogP contribution in [0.25, 0.3) is 0 Å². The van der Waals surface area contributed by atoms with E-state index < -0.39 is 4.92 Å². The zero-order valence-corrected chi connectivity index (χ0v) is 12.4. The zero-order chi connectivity index (χ0) is 14.7. The highest BCUT2D eigenvalue weighted by molar-refractivity contribution is 7.98. The molecule has 0 saturated carbocycles. The molecule has 8 heteroatoms. The lowest BCUT2D eigenvalue weighted by atomic mass is 10.3. The number of hydrogen-bond acceptors (Lipinski definition) is 5. The fourth-order valence-electron chi connectivity index (χ4n) is 1.63. The Kier molecular flexibility index (Phi) is 4.51. The summed E-state index contributed by atoms with van der Waals surface area (Å²) in [7, 11) is 1.58. The van der Waals surface area contributed by atoms with Gasteiger partial charge in [0.15, 0.2) is 6.61 Å². The largest absolute Gasteiger partial charge is 0.483 e. The van der Waals surface area contributed by atoms with Gasteiger partial charge in [0, 0.05) is 4.90 Å². The van der Waals surface area contributed by atoms with Crippen molar-refractivity contribution in [1.29, 1.82) is 0 Å². The van der Waals surface area contributed by atoms with Gasteiger partial charge in [0.1, 0.15) is 11.9 Å². The predicted octanol–water partition coefficient (Wildman–Crippen LogP) is 3.28. The van der Waals surface area contributed by atoms with E-state index in [0.717, 1.165) is 4.90 Å². The lowest BCUT2D eigenvalue weighted by Gasteiger charge is -2.06. The summed E-state index contributed by atoms with van der Waals surface area (Å²) >= 11 is 7.63. The van der Waals surface area contributed by atoms with Gasteiger partial charge in [-0.3, -0.25) is 0 Å². The van der Waals surface area contributed by atoms with E-state index in [0.29, 0.717) is 16.6 Å². The number of benzene rings is 1. The number of aromatic nitrogens is 2. The van der Waals surface area contributed by atoms with E-state index in [1.54, 1.807) is 30.9 Å². The maximum Gasteiger partial charge on any atom is 0.342 e. The predicted molar refractivity (Wildman–Crippen MR) is 77.4 cm³/mol. The van der Waals surface area contributed by atoms with Gasteiger partial charge in [0.25, 0.3) is 0 Å². The number of ether oxygens (including phenoxy) is 1. The second-order valence-electron chi connectivity index (χ2n) is 3.93. The molecule has 20 heavy (non-hydrogen) atoms. The minimum absolute atomic E-state index is 0.0700. The van der Waals surface area contributed by atoms with Crippen LogP contribution in [0.1, 0.15) is 5.82 Å². The van der Waals surface area contributed by atoms with Gasteiger partial charge >= 0.3 is 5.82 Å². The summed E-state index contributed by atoms with van der Waals surface area (Å²) in [5.74, 6) is 1.000. The van der Waals surface area contributed by atoms with Crippen molar-refractivity contribution in [3.8, 4) is 5.75 Å². The van der Waals surface area contributed by atoms with Crippen LogP contribution >= 0.6 is 23.4 Å². The van der Waals surface area contributed by atoms with Gasteiger partial charge in [-0.2, -0.15) is 0 Å². The second kappa shape index (κ2) is 6.15. The van der Waals surface area contributed by atoms with Gasteiger partial charge in [-0.05, 0) is 29.4 Å². The average molecular weight is 314 g/mol. The Hall–Kier alpha value is -1.73. The normalized spacial score (nSPS) is 10.6. The first kappa shape index (κ1) is 14.7. The van der Waals surface area contributed by atoms with Crippen molar-refractivity contribution < 1.29 is 9.66 Å². The first-order chi connectivity index (χ1) is 9.52. The standard InChI is InChI=1S/C12H12ClN3O3S/c1-15-11(14-6-12(15)16(17)18)7-19-8-3-4-10(20-2)9(13)5-8/h3-6H,7H2,1-2H3. The van der Waals surface area contributed by atoms with Crippen LogP contribution in [0.2, 0.25) is 5.02 Å². The molecule has 0 aliphatic rings. The van der Waals surface area contributed by atoms with Crippen LogP contribution in [0, 0.1) is 10.1 Å². The van der Waals surface area contributed by atoms with Crippen LogP contribution in [0.4, 0.5) is 5.82 Å². The van der Waals surface area contributed by atoms with Gasteiger partial charge < -0.3 is 14.9 Å². The van der Waals surface area contributed by atoms with Crippen molar-refractivity contribution in [2.75, 3.05) is 6.26 Å². The number of thioether (sulfide) groups is 1. The smallest absolute Gasteiger partial charge is 0.342 e. The zero-order valence-electron chi connectivity index (χ0n) is 10.9. The van der Waals surface area contributed by atoms with Crippen LogP contribution in [-0.2, 0) is 13.7 Å². The summed E-state index contributed by atoms with van der Waals surface area (Å²) in [6, 6.07) is 5.38. The Morgan fingerprint density at radius 1 is 1.55 bits per heavy atom. The van der Waals surface area contributed by atoms with E-state index in [1.165, 1.54) is 10.8 Å². The molecule has 0 saturated heterocycles. The van der Waals surface area contributed by atoms with Crippen LogP contribution < -0.4 is 4.74 Å². The molecule has 2 aromatic rings. The van der Waals surface area contributed by atoms with Crippen LogP contribution in [0.5, 0.6) is 5.75 Å². The summed E-state index contributed by atoms with van der Waals surface area (Å²) in [6.07, 6.45) is 3.15. The maximum absolute atomic E-state index is 10.7. The first-order valence-electron chi connectivity index (χ1n) is 5.64. The molecule has 6 nitrogen and oxygen atoms in total. The van der Waals surface area contributed by atoms with Crippen LogP contribution in [0.15, 0.2) is 29.3 Å². The van der Waals surface area contributed by atoms with Crippen molar-refractivity contribution in [1.82, 2.24) is 9.55 Å². The highest BCUT2D eigenvalue weighted by Gasteiger charge is 2.16. The maximum atomic E-state index is 10.7. The Morgan fingerprint density at radius 2 is 2.30 bits per heavy atom. The molecular weight excluding hydrogens is 302 g/mol. The summed E-state index contributed by atoms with van der Waals surface area (Å²) in [5.41, 5.74) is 0. The third kappa shape index (κ3) is 3.05. The molecule has 0 aliphatic heterocycles. The highest BCUT2D eigenvalue weighted by atomic mass is 35.5. The van der Waals surface area contributed by atoms with Gasteiger partial charge in [-0.1, -0.05) is 11.6 Å². The van der Waals surface area contributed by atoms with Gasteiger partial charge in [-0.15, -0.1) is 11.8 Å². The molecule has 2 rings (SSSR count). The van der Waals surface area contributed by atoms with Crippen LogP contribution in [-0.4, -0.2) is 20.7 Å². The number of rotatable bonds is 5. The molecule has 0 radical (unpaired) electrons. The average Bonchev–Trinajstić information content (AvgIpc) is 2.78. The van der Waals surface area contributed by atoms with Crippen molar-refractivity contribution in [2.45, 2.75) is 11.5 Å². The van der Waals surface area contributed by atoms with Crippen molar-refractivity contribution in [3.63, 3.8) is 0 Å². The molecule has 0 atom stereocenters. The summed E-state index contributed by atoms with van der Waals surface area (Å²) in [4.78, 5) is 15.2. The number of halogens is 1. The number of imidazole rings is 1. The van der Waals surface area contributed by atoms with Crippen molar-refractivity contribution >= 4 is 29.2 Å². The molecule has 0 aliphatic carbocycles. The topological polar surface area (TPSA) is 70.2 Å². The molecule has 0 bridgehead atoms. The molecule has 0 fully saturated rings. The highest BCUT2D eigenvalue weighted by Crippen LogP contribution is 2.29. The summed E-state index contributed by atoms with van der Waals surface area (Å²) in [6.45, 7) is 0.138. The summed E-state index contributed by atoms with van der Waals surface area (Å²) < 4.78 is 6.93. The molecule has 0 spiro atoms. The SMILES string of the molecule is CSc1ccc(OCc2ncc([N+](=O)[O-])n2C)cc1Cl. The lowest BCUT2D eigenvalue weighted by Crippen LogP contribution is -2.05. The van der Waals surface area contributed by atoms with E-state index in [1.807, 2.05) is 12.3 Å². The van der Waals surface area contributed by atoms with Gasteiger partial charge in [0.05, 0.1) is 12.1 Å². The lowest BCUT2D eigenvalue weighted by molar-refractivity contribution is -0.391. The van der Waals surface area contributed by atoms with Gasteiger partial charge in [0.2, 0.25) is 5.82 Å².